The monoisotopic (exact) mass is 188 g/mol. The van der Waals surface area contributed by atoms with Crippen LogP contribution in [0, 0.1) is 6.92 Å². The standard InChI is InChI=1S/C8H10BF3N/c1-7-2-3-8(6-13-7)4-5-9(10,11)12/h2-3,6H,4-5H2,1H3/q-1. The molecule has 0 unspecified atom stereocenters. The maximum atomic E-state index is 11.9. The lowest BCUT2D eigenvalue weighted by molar-refractivity contribution is 0.467. The molecule has 0 N–H and O–H groups in total. The van der Waals surface area contributed by atoms with Crippen molar-refractivity contribution >= 4 is 6.98 Å². The number of nitrogens with zero attached hydrogens (tertiary/aromatic N) is 1. The van der Waals surface area contributed by atoms with E-state index in [0.717, 1.165) is 5.69 Å². The average Bonchev–Trinajstić information content (AvgIpc) is 2.02. The first-order valence-corrected chi connectivity index (χ1v) is 4.10. The first kappa shape index (κ1) is 10.1. The highest BCUT2D eigenvalue weighted by molar-refractivity contribution is 6.58. The molecule has 0 aliphatic carbocycles. The summed E-state index contributed by atoms with van der Waals surface area (Å²) in [4.78, 5) is 3.92. The second-order valence-electron chi connectivity index (χ2n) is 3.06. The van der Waals surface area contributed by atoms with Gasteiger partial charge in [-0.15, -0.1) is 0 Å². The molecule has 0 atom stereocenters. The molecule has 0 aliphatic heterocycles. The van der Waals surface area contributed by atoms with Crippen molar-refractivity contribution in [3.8, 4) is 0 Å². The van der Waals surface area contributed by atoms with Crippen molar-refractivity contribution in [1.29, 1.82) is 0 Å². The van der Waals surface area contributed by atoms with E-state index >= 15 is 0 Å². The topological polar surface area (TPSA) is 12.9 Å². The summed E-state index contributed by atoms with van der Waals surface area (Å²) in [6, 6.07) is 3.41. The minimum Gasteiger partial charge on any atom is -0.449 e. The van der Waals surface area contributed by atoms with Crippen LogP contribution in [0.1, 0.15) is 11.3 Å². The van der Waals surface area contributed by atoms with Gasteiger partial charge in [-0.1, -0.05) is 18.8 Å². The quantitative estimate of drug-likeness (QED) is 0.664. The van der Waals surface area contributed by atoms with Gasteiger partial charge in [0.15, 0.2) is 0 Å². The first-order chi connectivity index (χ1) is 5.97. The van der Waals surface area contributed by atoms with Gasteiger partial charge in [0.05, 0.1) is 0 Å². The Morgan fingerprint density at radius 3 is 2.46 bits per heavy atom. The molecule has 0 saturated carbocycles. The van der Waals surface area contributed by atoms with Crippen LogP contribution in [-0.4, -0.2) is 12.0 Å². The molecule has 0 aliphatic rings. The van der Waals surface area contributed by atoms with Gasteiger partial charge in [-0.3, -0.25) is 4.98 Å². The maximum Gasteiger partial charge on any atom is 0.478 e. The van der Waals surface area contributed by atoms with Gasteiger partial charge in [-0.05, 0) is 18.6 Å². The van der Waals surface area contributed by atoms with Crippen LogP contribution in [0.4, 0.5) is 12.9 Å². The van der Waals surface area contributed by atoms with Crippen LogP contribution in [-0.2, 0) is 6.42 Å². The van der Waals surface area contributed by atoms with Gasteiger partial charge in [0.25, 0.3) is 0 Å². The van der Waals surface area contributed by atoms with Gasteiger partial charge in [0, 0.05) is 11.9 Å². The number of hydrogen-bond acceptors (Lipinski definition) is 1. The fourth-order valence-electron chi connectivity index (χ4n) is 0.977. The largest absolute Gasteiger partial charge is 0.478 e. The zero-order chi connectivity index (χ0) is 9.90. The Bertz CT molecular complexity index is 268. The molecule has 1 heterocycles. The Hall–Kier alpha value is -0.995. The molecule has 0 fully saturated rings. The Kier molecular flexibility index (Phi) is 2.96. The van der Waals surface area contributed by atoms with Crippen molar-refractivity contribution in [1.82, 2.24) is 4.98 Å². The Morgan fingerprint density at radius 2 is 2.00 bits per heavy atom. The molecular formula is C8H10BF3N-. The number of aromatic nitrogens is 1. The molecule has 5 heteroatoms. The Morgan fingerprint density at radius 1 is 1.31 bits per heavy atom. The fraction of sp³-hybridized carbons (Fsp3) is 0.375. The molecular weight excluding hydrogens is 178 g/mol. The summed E-state index contributed by atoms with van der Waals surface area (Å²) in [7, 11) is 0. The van der Waals surface area contributed by atoms with Gasteiger partial charge >= 0.3 is 6.98 Å². The highest BCUT2D eigenvalue weighted by Crippen LogP contribution is 2.17. The third-order valence-electron chi connectivity index (χ3n) is 1.73. The normalized spacial score (nSPS) is 11.7. The van der Waals surface area contributed by atoms with E-state index < -0.39 is 13.3 Å². The molecule has 0 saturated heterocycles. The zero-order valence-corrected chi connectivity index (χ0v) is 7.30. The van der Waals surface area contributed by atoms with E-state index in [-0.39, 0.29) is 6.42 Å². The van der Waals surface area contributed by atoms with Crippen molar-refractivity contribution < 1.29 is 12.9 Å². The predicted octanol–water partition coefficient (Wildman–Crippen LogP) is 2.78. The minimum atomic E-state index is -4.66. The van der Waals surface area contributed by atoms with E-state index in [0.29, 0.717) is 5.56 Å². The summed E-state index contributed by atoms with van der Waals surface area (Å²) in [5.41, 5.74) is 1.46. The number of rotatable bonds is 3. The van der Waals surface area contributed by atoms with Gasteiger partial charge < -0.3 is 12.9 Å². The van der Waals surface area contributed by atoms with Crippen LogP contribution in [0.25, 0.3) is 0 Å². The Labute approximate surface area is 75.0 Å². The second kappa shape index (κ2) is 3.81. The second-order valence-corrected chi connectivity index (χ2v) is 3.06. The molecule has 1 aromatic rings. The lowest BCUT2D eigenvalue weighted by Crippen LogP contribution is -2.15. The summed E-state index contributed by atoms with van der Waals surface area (Å²) in [6.07, 6.45) is 0.818. The summed E-state index contributed by atoms with van der Waals surface area (Å²) >= 11 is 0. The van der Waals surface area contributed by atoms with Gasteiger partial charge in [-0.2, -0.15) is 0 Å². The highest BCUT2D eigenvalue weighted by atomic mass is 19.4. The molecule has 13 heavy (non-hydrogen) atoms. The fourth-order valence-corrected chi connectivity index (χ4v) is 0.977. The number of halogens is 3. The van der Waals surface area contributed by atoms with Gasteiger partial charge in [0.1, 0.15) is 0 Å². The molecule has 0 spiro atoms. The summed E-state index contributed by atoms with van der Waals surface area (Å²) in [5, 5.41) is 0. The van der Waals surface area contributed by atoms with Crippen LogP contribution < -0.4 is 0 Å². The lowest BCUT2D eigenvalue weighted by atomic mass is 9.83. The van der Waals surface area contributed by atoms with Crippen molar-refractivity contribution in [3.63, 3.8) is 0 Å². The molecule has 0 aromatic carbocycles. The van der Waals surface area contributed by atoms with Crippen LogP contribution in [0.15, 0.2) is 18.3 Å². The molecule has 1 rings (SSSR count). The van der Waals surface area contributed by atoms with Gasteiger partial charge in [-0.25, -0.2) is 0 Å². The Balaban J connectivity index is 2.51. The van der Waals surface area contributed by atoms with E-state index in [1.165, 1.54) is 6.20 Å². The SMILES string of the molecule is Cc1ccc(CC[B-](F)(F)F)cn1. The lowest BCUT2D eigenvalue weighted by Gasteiger charge is -2.12. The number of aryl methyl sites for hydroxylation is 2. The smallest absolute Gasteiger partial charge is 0.449 e. The van der Waals surface area contributed by atoms with Crippen LogP contribution in [0.5, 0.6) is 0 Å². The van der Waals surface area contributed by atoms with E-state index in [9.17, 15) is 12.9 Å². The van der Waals surface area contributed by atoms with E-state index in [4.69, 9.17) is 0 Å². The summed E-state index contributed by atoms with van der Waals surface area (Å²) < 4.78 is 35.6. The predicted molar refractivity (Wildman–Crippen MR) is 46.6 cm³/mol. The minimum absolute atomic E-state index is 0.0385. The third kappa shape index (κ3) is 3.96. The van der Waals surface area contributed by atoms with E-state index in [1.54, 1.807) is 19.1 Å². The van der Waals surface area contributed by atoms with Crippen LogP contribution >= 0.6 is 0 Å². The van der Waals surface area contributed by atoms with Crippen molar-refractivity contribution in [2.75, 3.05) is 0 Å². The molecule has 72 valence electrons. The molecule has 1 aromatic heterocycles. The number of hydrogen-bond donors (Lipinski definition) is 0. The highest BCUT2D eigenvalue weighted by Gasteiger charge is 2.21. The zero-order valence-electron chi connectivity index (χ0n) is 7.30. The summed E-state index contributed by atoms with van der Waals surface area (Å²) in [5.74, 6) is 0. The number of pyridine rings is 1. The van der Waals surface area contributed by atoms with E-state index in [1.807, 2.05) is 0 Å². The van der Waals surface area contributed by atoms with Crippen molar-refractivity contribution in [2.45, 2.75) is 19.7 Å². The third-order valence-corrected chi connectivity index (χ3v) is 1.73. The molecule has 0 radical (unpaired) electrons. The summed E-state index contributed by atoms with van der Waals surface area (Å²) in [6.45, 7) is -2.86. The van der Waals surface area contributed by atoms with Crippen molar-refractivity contribution in [3.05, 3.63) is 29.6 Å². The molecule has 1 nitrogen and oxygen atoms in total. The van der Waals surface area contributed by atoms with Gasteiger partial charge in [0.2, 0.25) is 0 Å². The average molecular weight is 188 g/mol. The van der Waals surface area contributed by atoms with Crippen LogP contribution in [0.2, 0.25) is 6.32 Å². The van der Waals surface area contributed by atoms with E-state index in [2.05, 4.69) is 4.98 Å². The van der Waals surface area contributed by atoms with Crippen LogP contribution in [0.3, 0.4) is 0 Å². The molecule has 0 bridgehead atoms. The first-order valence-electron chi connectivity index (χ1n) is 4.10. The molecule has 0 amide bonds. The van der Waals surface area contributed by atoms with Crippen molar-refractivity contribution in [2.24, 2.45) is 0 Å². The maximum absolute atomic E-state index is 11.9.